The van der Waals surface area contributed by atoms with Gasteiger partial charge in [0, 0.05) is 31.1 Å². The molecule has 2 unspecified atom stereocenters. The van der Waals surface area contributed by atoms with Gasteiger partial charge in [0.1, 0.15) is 10.7 Å². The van der Waals surface area contributed by atoms with Crippen molar-refractivity contribution in [3.8, 4) is 0 Å². The van der Waals surface area contributed by atoms with Gasteiger partial charge in [0.25, 0.3) is 0 Å². The molecule has 1 aromatic carbocycles. The van der Waals surface area contributed by atoms with Crippen LogP contribution < -0.4 is 10.6 Å². The molecule has 2 aliphatic rings. The molecule has 2 N–H and O–H groups in total. The third kappa shape index (κ3) is 5.19. The summed E-state index contributed by atoms with van der Waals surface area (Å²) in [4.78, 5) is 12.2. The molecule has 3 rings (SSSR count). The van der Waals surface area contributed by atoms with Gasteiger partial charge in [-0.25, -0.2) is 12.8 Å². The van der Waals surface area contributed by atoms with E-state index in [2.05, 4.69) is 17.6 Å². The number of benzene rings is 1. The van der Waals surface area contributed by atoms with Gasteiger partial charge in [0.05, 0.1) is 0 Å². The van der Waals surface area contributed by atoms with Gasteiger partial charge < -0.3 is 10.6 Å². The van der Waals surface area contributed by atoms with Crippen molar-refractivity contribution < 1.29 is 17.6 Å². The highest BCUT2D eigenvalue weighted by molar-refractivity contribution is 7.89. The van der Waals surface area contributed by atoms with Gasteiger partial charge in [-0.15, -0.1) is 12.4 Å². The van der Waals surface area contributed by atoms with Crippen molar-refractivity contribution in [3.63, 3.8) is 0 Å². The summed E-state index contributed by atoms with van der Waals surface area (Å²) in [6.07, 6.45) is 2.74. The summed E-state index contributed by atoms with van der Waals surface area (Å²) < 4.78 is 40.4. The van der Waals surface area contributed by atoms with E-state index in [0.717, 1.165) is 25.5 Å². The van der Waals surface area contributed by atoms with Crippen molar-refractivity contribution in [2.24, 2.45) is 5.92 Å². The number of nitrogens with one attached hydrogen (secondary N) is 2. The second-order valence-corrected chi connectivity index (χ2v) is 9.10. The molecule has 6 nitrogen and oxygen atoms in total. The number of carbonyl (C=O) groups is 1. The van der Waals surface area contributed by atoms with Crippen LogP contribution in [0.4, 0.5) is 4.39 Å². The molecule has 0 aromatic heterocycles. The maximum Gasteiger partial charge on any atom is 0.245 e. The van der Waals surface area contributed by atoms with Gasteiger partial charge in [-0.05, 0) is 51.3 Å². The summed E-state index contributed by atoms with van der Waals surface area (Å²) in [6.45, 7) is 3.46. The predicted molar refractivity (Wildman–Crippen MR) is 104 cm³/mol. The zero-order valence-corrected chi connectivity index (χ0v) is 17.0. The van der Waals surface area contributed by atoms with Gasteiger partial charge in [-0.2, -0.15) is 4.31 Å². The van der Waals surface area contributed by atoms with E-state index >= 15 is 0 Å². The average molecular weight is 420 g/mol. The van der Waals surface area contributed by atoms with Crippen molar-refractivity contribution in [1.29, 1.82) is 0 Å². The van der Waals surface area contributed by atoms with Crippen molar-refractivity contribution in [3.05, 3.63) is 30.1 Å². The van der Waals surface area contributed by atoms with Crippen LogP contribution in [0, 0.1) is 11.7 Å². The quantitative estimate of drug-likeness (QED) is 0.781. The van der Waals surface area contributed by atoms with Crippen LogP contribution in [0.1, 0.15) is 32.6 Å². The second-order valence-electron chi connectivity index (χ2n) is 7.19. The van der Waals surface area contributed by atoms with E-state index in [1.165, 1.54) is 22.5 Å². The van der Waals surface area contributed by atoms with Crippen LogP contribution in [-0.2, 0) is 14.8 Å². The molecule has 9 heteroatoms. The van der Waals surface area contributed by atoms with Crippen molar-refractivity contribution in [2.75, 3.05) is 19.6 Å². The molecular formula is C18H27ClFN3O3S. The standard InChI is InChI=1S/C18H26FN3O3S.ClH/c1-13-12-15(6-9-20-13)21-18(23)14-7-10-22(11-8-14)26(24,25)17-5-3-2-4-16(17)19;/h2-5,13-15,20H,6-12H2,1H3,(H,21,23);1H. The van der Waals surface area contributed by atoms with E-state index in [-0.39, 0.29) is 48.3 Å². The molecule has 0 saturated carbocycles. The zero-order valence-electron chi connectivity index (χ0n) is 15.4. The molecule has 1 aromatic rings. The Labute approximate surface area is 166 Å². The molecular weight excluding hydrogens is 393 g/mol. The SMILES string of the molecule is CC1CC(NC(=O)C2CCN(S(=O)(=O)c3ccccc3F)CC2)CCN1.Cl. The molecule has 0 bridgehead atoms. The summed E-state index contributed by atoms with van der Waals surface area (Å²) in [7, 11) is -3.86. The molecule has 0 radical (unpaired) electrons. The normalized spacial score (nSPS) is 24.8. The summed E-state index contributed by atoms with van der Waals surface area (Å²) in [5, 5.41) is 6.46. The molecule has 0 aliphatic carbocycles. The topological polar surface area (TPSA) is 78.5 Å². The van der Waals surface area contributed by atoms with E-state index in [1.54, 1.807) is 0 Å². The third-order valence-electron chi connectivity index (χ3n) is 5.25. The number of nitrogens with zero attached hydrogens (tertiary/aromatic N) is 1. The summed E-state index contributed by atoms with van der Waals surface area (Å²) in [6, 6.07) is 5.97. The van der Waals surface area contributed by atoms with Gasteiger partial charge in [0.2, 0.25) is 15.9 Å². The minimum atomic E-state index is -3.86. The number of rotatable bonds is 4. The Kier molecular flexibility index (Phi) is 7.62. The van der Waals surface area contributed by atoms with Crippen LogP contribution in [0.5, 0.6) is 0 Å². The largest absolute Gasteiger partial charge is 0.353 e. The fourth-order valence-corrected chi connectivity index (χ4v) is 5.27. The fraction of sp³-hybridized carbons (Fsp3) is 0.611. The Morgan fingerprint density at radius 3 is 2.52 bits per heavy atom. The van der Waals surface area contributed by atoms with E-state index in [1.807, 2.05) is 0 Å². The number of amides is 1. The first-order chi connectivity index (χ1) is 12.4. The zero-order chi connectivity index (χ0) is 18.7. The van der Waals surface area contributed by atoms with Gasteiger partial charge >= 0.3 is 0 Å². The summed E-state index contributed by atoms with van der Waals surface area (Å²) >= 11 is 0. The maximum atomic E-state index is 13.9. The number of piperidine rings is 2. The van der Waals surface area contributed by atoms with Crippen LogP contribution in [0.15, 0.2) is 29.2 Å². The first kappa shape index (κ1) is 22.1. The van der Waals surface area contributed by atoms with Crippen molar-refractivity contribution in [2.45, 2.75) is 49.6 Å². The Morgan fingerprint density at radius 2 is 1.89 bits per heavy atom. The lowest BCUT2D eigenvalue weighted by atomic mass is 9.95. The molecule has 2 aliphatic heterocycles. The smallest absolute Gasteiger partial charge is 0.245 e. The predicted octanol–water partition coefficient (Wildman–Crippen LogP) is 1.90. The molecule has 152 valence electrons. The molecule has 2 saturated heterocycles. The van der Waals surface area contributed by atoms with Gasteiger partial charge in [-0.1, -0.05) is 12.1 Å². The first-order valence-corrected chi connectivity index (χ1v) is 10.6. The number of halogens is 2. The number of hydrogen-bond donors (Lipinski definition) is 2. The summed E-state index contributed by atoms with van der Waals surface area (Å²) in [5.74, 6) is -0.924. The molecule has 2 heterocycles. The minimum Gasteiger partial charge on any atom is -0.353 e. The van der Waals surface area contributed by atoms with Gasteiger partial charge in [-0.3, -0.25) is 4.79 Å². The second kappa shape index (κ2) is 9.32. The van der Waals surface area contributed by atoms with Crippen LogP contribution in [0.3, 0.4) is 0 Å². The monoisotopic (exact) mass is 419 g/mol. The Morgan fingerprint density at radius 1 is 1.22 bits per heavy atom. The lowest BCUT2D eigenvalue weighted by Crippen LogP contribution is -2.49. The van der Waals surface area contributed by atoms with Crippen LogP contribution in [0.2, 0.25) is 0 Å². The van der Waals surface area contributed by atoms with Crippen LogP contribution >= 0.6 is 12.4 Å². The third-order valence-corrected chi connectivity index (χ3v) is 7.18. The Hall–Kier alpha value is -1.22. The van der Waals surface area contributed by atoms with Crippen LogP contribution in [0.25, 0.3) is 0 Å². The lowest BCUT2D eigenvalue weighted by Gasteiger charge is -2.33. The molecule has 2 fully saturated rings. The Balaban J connectivity index is 0.00000261. The number of sulfonamides is 1. The van der Waals surface area contributed by atoms with Crippen molar-refractivity contribution in [1.82, 2.24) is 14.9 Å². The highest BCUT2D eigenvalue weighted by Crippen LogP contribution is 2.25. The molecule has 0 spiro atoms. The van der Waals surface area contributed by atoms with E-state index in [9.17, 15) is 17.6 Å². The number of carbonyl (C=O) groups excluding carboxylic acids is 1. The fourth-order valence-electron chi connectivity index (χ4n) is 3.73. The lowest BCUT2D eigenvalue weighted by molar-refractivity contribution is -0.127. The average Bonchev–Trinajstić information content (AvgIpc) is 2.62. The molecule has 2 atom stereocenters. The van der Waals surface area contributed by atoms with Crippen molar-refractivity contribution >= 4 is 28.3 Å². The van der Waals surface area contributed by atoms with Crippen LogP contribution in [-0.4, -0.2) is 50.3 Å². The molecule has 1 amide bonds. The first-order valence-electron chi connectivity index (χ1n) is 9.16. The summed E-state index contributed by atoms with van der Waals surface area (Å²) in [5.41, 5.74) is 0. The van der Waals surface area contributed by atoms with E-state index in [4.69, 9.17) is 0 Å². The highest BCUT2D eigenvalue weighted by atomic mass is 35.5. The number of hydrogen-bond acceptors (Lipinski definition) is 4. The Bertz CT molecular complexity index is 754. The van der Waals surface area contributed by atoms with E-state index in [0.29, 0.717) is 18.9 Å². The molecule has 27 heavy (non-hydrogen) atoms. The maximum absolute atomic E-state index is 13.9. The van der Waals surface area contributed by atoms with Gasteiger partial charge in [0.15, 0.2) is 0 Å². The highest BCUT2D eigenvalue weighted by Gasteiger charge is 2.34. The minimum absolute atomic E-state index is 0. The van der Waals surface area contributed by atoms with E-state index < -0.39 is 15.8 Å².